The fraction of sp³-hybridized carbons (Fsp3) is 0.450. The topological polar surface area (TPSA) is 143 Å². The van der Waals surface area contributed by atoms with Crippen LogP contribution in [0, 0.1) is 5.92 Å². The second kappa shape index (κ2) is 8.87. The highest BCUT2D eigenvalue weighted by atomic mass is 32.2. The molecule has 0 aliphatic carbocycles. The number of carboxylic acid groups (broad SMARTS) is 1. The number of nitrogens with one attached hydrogen (secondary N) is 1. The summed E-state index contributed by atoms with van der Waals surface area (Å²) in [5.41, 5.74) is 6.76. The van der Waals surface area contributed by atoms with Crippen molar-refractivity contribution >= 4 is 21.6 Å². The van der Waals surface area contributed by atoms with E-state index in [0.29, 0.717) is 5.69 Å². The molecule has 1 aromatic carbocycles. The number of carbonyl (C=O) groups is 2. The summed E-state index contributed by atoms with van der Waals surface area (Å²) >= 11 is 0. The maximum absolute atomic E-state index is 13.1. The van der Waals surface area contributed by atoms with Gasteiger partial charge in [0.1, 0.15) is 6.04 Å². The SMILES string of the molecule is CC(C)(C)S(=O)(=O)C[C@@H](Cc1ccccc1)C(=O)c1ncc(C[C@H](N)C(=O)O)[nH]1. The number of hydrogen-bond acceptors (Lipinski definition) is 6. The Bertz CT molecular complexity index is 962. The van der Waals surface area contributed by atoms with Crippen LogP contribution in [0.15, 0.2) is 36.5 Å². The molecule has 29 heavy (non-hydrogen) atoms. The Hall–Kier alpha value is -2.52. The van der Waals surface area contributed by atoms with Crippen LogP contribution in [-0.2, 0) is 27.5 Å². The summed E-state index contributed by atoms with van der Waals surface area (Å²) in [6.45, 7) is 4.81. The van der Waals surface area contributed by atoms with Crippen LogP contribution in [0.3, 0.4) is 0 Å². The lowest BCUT2D eigenvalue weighted by Gasteiger charge is -2.23. The van der Waals surface area contributed by atoms with Crippen molar-refractivity contribution in [3.63, 3.8) is 0 Å². The third kappa shape index (κ3) is 5.98. The molecule has 1 aromatic heterocycles. The van der Waals surface area contributed by atoms with E-state index in [-0.39, 0.29) is 24.4 Å². The smallest absolute Gasteiger partial charge is 0.320 e. The molecular formula is C20H27N3O5S. The van der Waals surface area contributed by atoms with Crippen LogP contribution in [0.4, 0.5) is 0 Å². The first-order chi connectivity index (χ1) is 13.4. The Morgan fingerprint density at radius 2 is 1.79 bits per heavy atom. The van der Waals surface area contributed by atoms with Crippen molar-refractivity contribution in [2.75, 3.05) is 5.75 Å². The highest BCUT2D eigenvalue weighted by Crippen LogP contribution is 2.23. The minimum Gasteiger partial charge on any atom is -0.480 e. The quantitative estimate of drug-likeness (QED) is 0.522. The molecular weight excluding hydrogens is 394 g/mol. The van der Waals surface area contributed by atoms with Crippen LogP contribution in [0.1, 0.15) is 42.6 Å². The first-order valence-corrected chi connectivity index (χ1v) is 10.9. The fourth-order valence-corrected chi connectivity index (χ4v) is 4.05. The maximum atomic E-state index is 13.1. The number of carboxylic acids is 1. The molecule has 8 nitrogen and oxygen atoms in total. The van der Waals surface area contributed by atoms with Gasteiger partial charge in [-0.05, 0) is 32.8 Å². The van der Waals surface area contributed by atoms with E-state index in [0.717, 1.165) is 5.56 Å². The number of rotatable bonds is 9. The van der Waals surface area contributed by atoms with Crippen molar-refractivity contribution in [3.05, 3.63) is 53.6 Å². The summed E-state index contributed by atoms with van der Waals surface area (Å²) in [4.78, 5) is 30.8. The molecule has 0 bridgehead atoms. The van der Waals surface area contributed by atoms with Gasteiger partial charge in [-0.3, -0.25) is 9.59 Å². The van der Waals surface area contributed by atoms with E-state index in [2.05, 4.69) is 9.97 Å². The zero-order valence-corrected chi connectivity index (χ0v) is 17.6. The van der Waals surface area contributed by atoms with Gasteiger partial charge in [-0.15, -0.1) is 0 Å². The van der Waals surface area contributed by atoms with Crippen molar-refractivity contribution in [2.45, 2.75) is 44.4 Å². The molecule has 0 fully saturated rings. The number of hydrogen-bond donors (Lipinski definition) is 3. The molecule has 2 aromatic rings. The molecule has 0 aliphatic rings. The van der Waals surface area contributed by atoms with E-state index in [9.17, 15) is 18.0 Å². The highest BCUT2D eigenvalue weighted by molar-refractivity contribution is 7.92. The summed E-state index contributed by atoms with van der Waals surface area (Å²) in [6.07, 6.45) is 1.59. The molecule has 158 valence electrons. The molecule has 4 N–H and O–H groups in total. The summed E-state index contributed by atoms with van der Waals surface area (Å²) in [5, 5.41) is 8.92. The first kappa shape index (κ1) is 22.8. The summed E-state index contributed by atoms with van der Waals surface area (Å²) in [5.74, 6) is -2.73. The third-order valence-corrected chi connectivity index (χ3v) is 7.38. The number of aromatic nitrogens is 2. The van der Waals surface area contributed by atoms with Gasteiger partial charge in [0.2, 0.25) is 5.78 Å². The van der Waals surface area contributed by atoms with Crippen LogP contribution < -0.4 is 5.73 Å². The lowest BCUT2D eigenvalue weighted by molar-refractivity contribution is -0.138. The highest BCUT2D eigenvalue weighted by Gasteiger charge is 2.35. The predicted octanol–water partition coefficient (Wildman–Crippen LogP) is 1.62. The molecule has 2 rings (SSSR count). The molecule has 0 radical (unpaired) electrons. The van der Waals surface area contributed by atoms with Crippen molar-refractivity contribution in [1.29, 1.82) is 0 Å². The molecule has 1 heterocycles. The minimum absolute atomic E-state index is 0.00243. The average molecular weight is 422 g/mol. The molecule has 0 amide bonds. The van der Waals surface area contributed by atoms with E-state index in [1.807, 2.05) is 30.3 Å². The molecule has 9 heteroatoms. The van der Waals surface area contributed by atoms with Gasteiger partial charge >= 0.3 is 5.97 Å². The van der Waals surface area contributed by atoms with Gasteiger partial charge in [-0.25, -0.2) is 13.4 Å². The third-order valence-electron chi connectivity index (χ3n) is 4.67. The number of nitrogens with zero attached hydrogens (tertiary/aromatic N) is 1. The number of aliphatic carboxylic acids is 1. The number of H-pyrrole nitrogens is 1. The van der Waals surface area contributed by atoms with E-state index in [1.54, 1.807) is 20.8 Å². The molecule has 2 atom stereocenters. The number of aromatic amines is 1. The maximum Gasteiger partial charge on any atom is 0.320 e. The summed E-state index contributed by atoms with van der Waals surface area (Å²) in [6, 6.07) is 8.05. The first-order valence-electron chi connectivity index (χ1n) is 9.23. The fourth-order valence-electron chi connectivity index (χ4n) is 2.75. The van der Waals surface area contributed by atoms with Crippen molar-refractivity contribution < 1.29 is 23.1 Å². The van der Waals surface area contributed by atoms with Crippen LogP contribution in [0.25, 0.3) is 0 Å². The van der Waals surface area contributed by atoms with Gasteiger partial charge in [0.25, 0.3) is 0 Å². The Morgan fingerprint density at radius 3 is 2.34 bits per heavy atom. The van der Waals surface area contributed by atoms with Crippen LogP contribution in [0.2, 0.25) is 0 Å². The summed E-state index contributed by atoms with van der Waals surface area (Å²) in [7, 11) is -3.55. The van der Waals surface area contributed by atoms with Gasteiger partial charge in [0.15, 0.2) is 15.7 Å². The van der Waals surface area contributed by atoms with Gasteiger partial charge in [-0.2, -0.15) is 0 Å². The Balaban J connectivity index is 2.29. The summed E-state index contributed by atoms with van der Waals surface area (Å²) < 4.78 is 24.5. The van der Waals surface area contributed by atoms with E-state index in [4.69, 9.17) is 10.8 Å². The molecule has 0 aliphatic heterocycles. The number of benzene rings is 1. The van der Waals surface area contributed by atoms with Crippen molar-refractivity contribution in [3.8, 4) is 0 Å². The van der Waals surface area contributed by atoms with Gasteiger partial charge in [0.05, 0.1) is 10.5 Å². The van der Waals surface area contributed by atoms with Crippen molar-refractivity contribution in [2.24, 2.45) is 11.7 Å². The number of ketones is 1. The second-order valence-corrected chi connectivity index (χ2v) is 10.8. The van der Waals surface area contributed by atoms with Gasteiger partial charge < -0.3 is 15.8 Å². The molecule has 0 unspecified atom stereocenters. The number of carbonyl (C=O) groups excluding carboxylic acids is 1. The monoisotopic (exact) mass is 421 g/mol. The van der Waals surface area contributed by atoms with E-state index in [1.165, 1.54) is 6.20 Å². The lowest BCUT2D eigenvalue weighted by Crippen LogP contribution is -2.36. The largest absolute Gasteiger partial charge is 0.480 e. The minimum atomic E-state index is -3.55. The molecule has 0 saturated carbocycles. The average Bonchev–Trinajstić information content (AvgIpc) is 3.08. The van der Waals surface area contributed by atoms with E-state index < -0.39 is 38.3 Å². The molecule has 0 spiro atoms. The normalized spacial score (nSPS) is 14.3. The zero-order valence-electron chi connectivity index (χ0n) is 16.8. The van der Waals surface area contributed by atoms with Gasteiger partial charge in [-0.1, -0.05) is 30.3 Å². The van der Waals surface area contributed by atoms with Crippen LogP contribution >= 0.6 is 0 Å². The predicted molar refractivity (Wildman–Crippen MR) is 109 cm³/mol. The second-order valence-electron chi connectivity index (χ2n) is 8.05. The Kier molecular flexibility index (Phi) is 6.97. The number of nitrogens with two attached hydrogens (primary N) is 1. The number of Topliss-reactive ketones (excluding diaryl/α,β-unsaturated/α-hetero) is 1. The molecule has 0 saturated heterocycles. The standard InChI is InChI=1S/C20H27N3O5S/c1-20(2,3)29(27,28)12-14(9-13-7-5-4-6-8-13)17(24)18-22-11-15(23-18)10-16(21)19(25)26/h4-8,11,14,16H,9-10,12,21H2,1-3H3,(H,22,23)(H,25,26)/t14-,16+/m1/s1. The lowest BCUT2D eigenvalue weighted by atomic mass is 9.96. The van der Waals surface area contributed by atoms with E-state index >= 15 is 0 Å². The van der Waals surface area contributed by atoms with Gasteiger partial charge in [0, 0.05) is 24.2 Å². The van der Waals surface area contributed by atoms with Crippen molar-refractivity contribution in [1.82, 2.24) is 9.97 Å². The zero-order chi connectivity index (χ0) is 21.8. The Labute approximate surface area is 170 Å². The number of sulfone groups is 1. The van der Waals surface area contributed by atoms with Crippen LogP contribution in [-0.4, -0.2) is 51.8 Å². The Morgan fingerprint density at radius 1 is 1.17 bits per heavy atom. The van der Waals surface area contributed by atoms with Crippen LogP contribution in [0.5, 0.6) is 0 Å². The number of imidazole rings is 1.